The third-order valence-electron chi connectivity index (χ3n) is 1.95. The standard InChI is InChI=1S/C9H13F3N2O2/c1-2-3-6-8(15)14-7(13-6)4-16-5-9(10,11)12/h6H,2-5H2,1H3,(H,13,14,15). The first-order chi connectivity index (χ1) is 7.42. The topological polar surface area (TPSA) is 50.7 Å². The zero-order valence-electron chi connectivity index (χ0n) is 8.80. The molecule has 0 radical (unpaired) electrons. The molecule has 0 aromatic carbocycles. The second-order valence-electron chi connectivity index (χ2n) is 3.48. The molecule has 1 heterocycles. The number of carbonyl (C=O) groups excluding carboxylic acids is 1. The molecule has 1 aliphatic heterocycles. The zero-order valence-corrected chi connectivity index (χ0v) is 8.80. The molecule has 1 unspecified atom stereocenters. The molecule has 1 rings (SSSR count). The van der Waals surface area contributed by atoms with Crippen LogP contribution in [0.25, 0.3) is 0 Å². The second kappa shape index (κ2) is 5.29. The van der Waals surface area contributed by atoms with E-state index < -0.39 is 18.8 Å². The van der Waals surface area contributed by atoms with E-state index in [9.17, 15) is 18.0 Å². The van der Waals surface area contributed by atoms with Gasteiger partial charge in [-0.05, 0) is 6.42 Å². The van der Waals surface area contributed by atoms with Gasteiger partial charge in [0.2, 0.25) is 5.91 Å². The summed E-state index contributed by atoms with van der Waals surface area (Å²) < 4.78 is 39.6. The van der Waals surface area contributed by atoms with Crippen LogP contribution >= 0.6 is 0 Å². The molecule has 0 aromatic rings. The summed E-state index contributed by atoms with van der Waals surface area (Å²) in [4.78, 5) is 15.2. The van der Waals surface area contributed by atoms with Crippen molar-refractivity contribution in [2.24, 2.45) is 4.99 Å². The molecule has 1 aliphatic rings. The van der Waals surface area contributed by atoms with E-state index in [2.05, 4.69) is 15.0 Å². The van der Waals surface area contributed by atoms with Gasteiger partial charge in [-0.1, -0.05) is 13.3 Å². The molecule has 0 aliphatic carbocycles. The highest BCUT2D eigenvalue weighted by Gasteiger charge is 2.29. The highest BCUT2D eigenvalue weighted by molar-refractivity contribution is 6.06. The molecule has 0 bridgehead atoms. The number of halogens is 3. The van der Waals surface area contributed by atoms with Crippen molar-refractivity contribution in [3.8, 4) is 0 Å². The Morgan fingerprint density at radius 1 is 1.50 bits per heavy atom. The van der Waals surface area contributed by atoms with Gasteiger partial charge in [-0.3, -0.25) is 9.79 Å². The molecule has 0 spiro atoms. The van der Waals surface area contributed by atoms with Crippen molar-refractivity contribution < 1.29 is 22.7 Å². The lowest BCUT2D eigenvalue weighted by molar-refractivity contribution is -0.170. The van der Waals surface area contributed by atoms with Crippen LogP contribution in [0.15, 0.2) is 4.99 Å². The SMILES string of the molecule is CCCC1N=C(COCC(F)(F)F)NC1=O. The minimum absolute atomic E-state index is 0.174. The van der Waals surface area contributed by atoms with Crippen LogP contribution in [0.2, 0.25) is 0 Å². The third-order valence-corrected chi connectivity index (χ3v) is 1.95. The van der Waals surface area contributed by atoms with Crippen molar-refractivity contribution >= 4 is 11.7 Å². The lowest BCUT2D eigenvalue weighted by atomic mass is 10.2. The summed E-state index contributed by atoms with van der Waals surface area (Å²) in [5, 5.41) is 2.39. The Kier molecular flexibility index (Phi) is 4.28. The van der Waals surface area contributed by atoms with E-state index in [1.165, 1.54) is 0 Å². The Balaban J connectivity index is 2.33. The highest BCUT2D eigenvalue weighted by Crippen LogP contribution is 2.14. The maximum Gasteiger partial charge on any atom is 0.411 e. The van der Waals surface area contributed by atoms with Gasteiger partial charge in [0.15, 0.2) is 0 Å². The molecule has 0 aromatic heterocycles. The smallest absolute Gasteiger partial charge is 0.364 e. The van der Waals surface area contributed by atoms with E-state index in [1.807, 2.05) is 6.92 Å². The maximum atomic E-state index is 11.8. The quantitative estimate of drug-likeness (QED) is 0.784. The Labute approximate surface area is 90.9 Å². The summed E-state index contributed by atoms with van der Waals surface area (Å²) >= 11 is 0. The number of amides is 1. The van der Waals surface area contributed by atoms with Gasteiger partial charge in [0.1, 0.15) is 25.1 Å². The molecular formula is C9H13F3N2O2. The lowest BCUT2D eigenvalue weighted by Gasteiger charge is -2.06. The Morgan fingerprint density at radius 2 is 2.19 bits per heavy atom. The largest absolute Gasteiger partial charge is 0.411 e. The van der Waals surface area contributed by atoms with Gasteiger partial charge in [0, 0.05) is 0 Å². The Morgan fingerprint density at radius 3 is 2.75 bits per heavy atom. The van der Waals surface area contributed by atoms with E-state index in [-0.39, 0.29) is 18.3 Å². The second-order valence-corrected chi connectivity index (χ2v) is 3.48. The van der Waals surface area contributed by atoms with E-state index in [0.29, 0.717) is 6.42 Å². The van der Waals surface area contributed by atoms with Crippen molar-refractivity contribution in [2.45, 2.75) is 32.0 Å². The lowest BCUT2D eigenvalue weighted by Crippen LogP contribution is -2.32. The molecule has 0 fully saturated rings. The third kappa shape index (κ3) is 4.18. The highest BCUT2D eigenvalue weighted by atomic mass is 19.4. The fraction of sp³-hybridized carbons (Fsp3) is 0.778. The number of nitrogens with one attached hydrogen (secondary N) is 1. The fourth-order valence-electron chi connectivity index (χ4n) is 1.31. The number of ether oxygens (including phenoxy) is 1. The van der Waals surface area contributed by atoms with E-state index >= 15 is 0 Å². The predicted octanol–water partition coefficient (Wildman–Crippen LogP) is 1.26. The molecule has 0 saturated carbocycles. The minimum atomic E-state index is -4.36. The van der Waals surface area contributed by atoms with Gasteiger partial charge in [-0.25, -0.2) is 0 Å². The van der Waals surface area contributed by atoms with Crippen LogP contribution in [0.5, 0.6) is 0 Å². The monoisotopic (exact) mass is 238 g/mol. The summed E-state index contributed by atoms with van der Waals surface area (Å²) in [5.74, 6) is -0.0971. The van der Waals surface area contributed by atoms with Gasteiger partial charge in [0.25, 0.3) is 0 Å². The van der Waals surface area contributed by atoms with Crippen LogP contribution in [0.3, 0.4) is 0 Å². The van der Waals surface area contributed by atoms with E-state index in [0.717, 1.165) is 6.42 Å². The van der Waals surface area contributed by atoms with Crippen LogP contribution in [0, 0.1) is 0 Å². The number of carbonyl (C=O) groups is 1. The normalized spacial score (nSPS) is 20.9. The Hall–Kier alpha value is -1.11. The van der Waals surface area contributed by atoms with Crippen LogP contribution < -0.4 is 5.32 Å². The molecule has 1 amide bonds. The van der Waals surface area contributed by atoms with Gasteiger partial charge in [-0.15, -0.1) is 0 Å². The van der Waals surface area contributed by atoms with Gasteiger partial charge >= 0.3 is 6.18 Å². The first-order valence-corrected chi connectivity index (χ1v) is 4.94. The maximum absolute atomic E-state index is 11.8. The molecule has 16 heavy (non-hydrogen) atoms. The number of aliphatic imine (C=N–C) groups is 1. The molecule has 1 N–H and O–H groups in total. The molecule has 92 valence electrons. The van der Waals surface area contributed by atoms with E-state index in [1.54, 1.807) is 0 Å². The minimum Gasteiger partial charge on any atom is -0.364 e. The number of hydrogen-bond donors (Lipinski definition) is 1. The van der Waals surface area contributed by atoms with Crippen LogP contribution in [-0.4, -0.2) is 37.2 Å². The average molecular weight is 238 g/mol. The fourth-order valence-corrected chi connectivity index (χ4v) is 1.31. The van der Waals surface area contributed by atoms with Crippen LogP contribution in [-0.2, 0) is 9.53 Å². The molecule has 4 nitrogen and oxygen atoms in total. The first-order valence-electron chi connectivity index (χ1n) is 4.94. The van der Waals surface area contributed by atoms with Crippen molar-refractivity contribution in [1.82, 2.24) is 5.32 Å². The van der Waals surface area contributed by atoms with E-state index in [4.69, 9.17) is 0 Å². The average Bonchev–Trinajstić information content (AvgIpc) is 2.46. The molecular weight excluding hydrogens is 225 g/mol. The van der Waals surface area contributed by atoms with Gasteiger partial charge < -0.3 is 10.1 Å². The number of amidine groups is 1. The summed E-state index contributed by atoms with van der Waals surface area (Å²) in [6, 6.07) is -0.477. The summed E-state index contributed by atoms with van der Waals surface area (Å²) in [6.45, 7) is 0.257. The predicted molar refractivity (Wildman–Crippen MR) is 51.1 cm³/mol. The molecule has 1 atom stereocenters. The van der Waals surface area contributed by atoms with Crippen molar-refractivity contribution in [3.05, 3.63) is 0 Å². The first kappa shape index (κ1) is 13.0. The number of alkyl halides is 3. The molecule has 0 saturated heterocycles. The van der Waals surface area contributed by atoms with Crippen molar-refractivity contribution in [3.63, 3.8) is 0 Å². The van der Waals surface area contributed by atoms with Gasteiger partial charge in [0.05, 0.1) is 0 Å². The summed E-state index contributed by atoms with van der Waals surface area (Å²) in [6.07, 6.45) is -2.97. The van der Waals surface area contributed by atoms with Gasteiger partial charge in [-0.2, -0.15) is 13.2 Å². The van der Waals surface area contributed by atoms with Crippen molar-refractivity contribution in [1.29, 1.82) is 0 Å². The molecule has 7 heteroatoms. The zero-order chi connectivity index (χ0) is 12.2. The number of nitrogens with zero attached hydrogens (tertiary/aromatic N) is 1. The van der Waals surface area contributed by atoms with Crippen molar-refractivity contribution in [2.75, 3.05) is 13.2 Å². The van der Waals surface area contributed by atoms with Crippen LogP contribution in [0.1, 0.15) is 19.8 Å². The summed E-state index contributed by atoms with van der Waals surface area (Å²) in [7, 11) is 0. The summed E-state index contributed by atoms with van der Waals surface area (Å²) in [5.41, 5.74) is 0. The number of rotatable bonds is 5. The Bertz CT molecular complexity index is 289. The van der Waals surface area contributed by atoms with Crippen LogP contribution in [0.4, 0.5) is 13.2 Å². The number of hydrogen-bond acceptors (Lipinski definition) is 3.